The third-order valence-electron chi connectivity index (χ3n) is 4.25. The second-order valence-corrected chi connectivity index (χ2v) is 8.15. The first-order chi connectivity index (χ1) is 13.7. The van der Waals surface area contributed by atoms with Crippen molar-refractivity contribution < 1.29 is 22.5 Å². The highest BCUT2D eigenvalue weighted by molar-refractivity contribution is 7.87. The number of benzene rings is 1. The van der Waals surface area contributed by atoms with Crippen molar-refractivity contribution >= 4 is 16.7 Å². The summed E-state index contributed by atoms with van der Waals surface area (Å²) in [6, 6.07) is 8.13. The summed E-state index contributed by atoms with van der Waals surface area (Å²) in [4.78, 5) is 20.3. The molecule has 1 fully saturated rings. The minimum Gasteiger partial charge on any atom is -0.438 e. The fourth-order valence-electron chi connectivity index (χ4n) is 2.61. The van der Waals surface area contributed by atoms with Gasteiger partial charge in [-0.1, -0.05) is 24.3 Å². The minimum absolute atomic E-state index is 0.0569. The Morgan fingerprint density at radius 2 is 2.03 bits per heavy atom. The van der Waals surface area contributed by atoms with Gasteiger partial charge in [-0.05, 0) is 30.9 Å². The first-order valence-electron chi connectivity index (χ1n) is 9.03. The average Bonchev–Trinajstić information content (AvgIpc) is 3.50. The summed E-state index contributed by atoms with van der Waals surface area (Å²) in [5, 5.41) is 4.34. The molecule has 154 valence electrons. The fourth-order valence-corrected chi connectivity index (χ4v) is 3.00. The molecule has 9 heteroatoms. The lowest BCUT2D eigenvalue weighted by Crippen LogP contribution is -2.35. The Balaban J connectivity index is 1.89. The minimum atomic E-state index is -3.28. The molecular weight excluding hydrogens is 400 g/mol. The molecule has 1 aromatic carbocycles. The number of amides is 1. The molecule has 1 aliphatic carbocycles. The van der Waals surface area contributed by atoms with Gasteiger partial charge in [-0.25, -0.2) is 4.98 Å². The second kappa shape index (κ2) is 8.77. The largest absolute Gasteiger partial charge is 0.438 e. The summed E-state index contributed by atoms with van der Waals surface area (Å²) in [5.74, 6) is -4.22. The van der Waals surface area contributed by atoms with Crippen molar-refractivity contribution in [3.63, 3.8) is 0 Å². The number of ether oxygens (including phenoxy) is 1. The molecule has 0 bridgehead atoms. The second-order valence-electron chi connectivity index (χ2n) is 6.88. The molecule has 1 aromatic heterocycles. The molecule has 2 aromatic rings. The van der Waals surface area contributed by atoms with E-state index in [0.29, 0.717) is 12.7 Å². The molecule has 29 heavy (non-hydrogen) atoms. The quantitative estimate of drug-likeness (QED) is 0.702. The van der Waals surface area contributed by atoms with Crippen LogP contribution in [0.15, 0.2) is 48.0 Å². The lowest BCUT2D eigenvalue weighted by molar-refractivity contribution is 0.00707. The SMILES string of the molecule is C[S@](=O)/C=C/C(NC(=O)c1cnc(C(C)(F)F)nc1Oc1ccccc1)C1CC1. The van der Waals surface area contributed by atoms with Gasteiger partial charge in [0, 0.05) is 35.6 Å². The van der Waals surface area contributed by atoms with Crippen molar-refractivity contribution in [3.8, 4) is 11.6 Å². The number of carbonyl (C=O) groups excluding carboxylic acids is 1. The average molecular weight is 421 g/mol. The maximum absolute atomic E-state index is 13.7. The van der Waals surface area contributed by atoms with Gasteiger partial charge < -0.3 is 10.1 Å². The zero-order valence-electron chi connectivity index (χ0n) is 16.0. The third-order valence-corrected chi connectivity index (χ3v) is 4.79. The Kier molecular flexibility index (Phi) is 6.36. The summed E-state index contributed by atoms with van der Waals surface area (Å²) in [7, 11) is -1.14. The van der Waals surface area contributed by atoms with Crippen molar-refractivity contribution in [2.45, 2.75) is 31.7 Å². The van der Waals surface area contributed by atoms with E-state index in [1.165, 1.54) is 11.7 Å². The van der Waals surface area contributed by atoms with Crippen LogP contribution in [0.3, 0.4) is 0 Å². The number of halogens is 2. The molecule has 1 N–H and O–H groups in total. The molecule has 0 saturated heterocycles. The predicted molar refractivity (Wildman–Crippen MR) is 105 cm³/mol. The number of para-hydroxylation sites is 1. The molecule has 1 amide bonds. The van der Waals surface area contributed by atoms with Crippen LogP contribution in [0.5, 0.6) is 11.6 Å². The Bertz CT molecular complexity index is 928. The van der Waals surface area contributed by atoms with Crippen molar-refractivity contribution in [3.05, 3.63) is 59.4 Å². The molecule has 1 unspecified atom stereocenters. The van der Waals surface area contributed by atoms with E-state index in [2.05, 4.69) is 15.3 Å². The number of hydrogen-bond acceptors (Lipinski definition) is 5. The van der Waals surface area contributed by atoms with E-state index in [-0.39, 0.29) is 23.4 Å². The van der Waals surface area contributed by atoms with Crippen LogP contribution in [0.4, 0.5) is 8.78 Å². The number of carbonyl (C=O) groups is 1. The van der Waals surface area contributed by atoms with E-state index in [9.17, 15) is 17.8 Å². The number of alkyl halides is 2. The van der Waals surface area contributed by atoms with Crippen LogP contribution >= 0.6 is 0 Å². The van der Waals surface area contributed by atoms with E-state index in [1.807, 2.05) is 0 Å². The standard InChI is InChI=1S/C20H21F2N3O3S/c1-20(21,22)19-23-12-15(18(25-19)28-14-6-4-3-5-7-14)17(26)24-16(13-8-9-13)10-11-29(2)27/h3-7,10-13,16H,8-9H2,1-2H3,(H,24,26)/b11-10+/t16?,29-/m0/s1. The lowest BCUT2D eigenvalue weighted by Gasteiger charge is -2.17. The summed E-state index contributed by atoms with van der Waals surface area (Å²) < 4.78 is 44.3. The molecule has 2 atom stereocenters. The van der Waals surface area contributed by atoms with Gasteiger partial charge in [-0.3, -0.25) is 9.00 Å². The Hall–Kier alpha value is -2.68. The molecule has 1 saturated carbocycles. The number of nitrogens with one attached hydrogen (secondary N) is 1. The third kappa shape index (κ3) is 5.90. The smallest absolute Gasteiger partial charge is 0.303 e. The first kappa shape index (κ1) is 21.0. The number of hydrogen-bond donors (Lipinski definition) is 1. The maximum Gasteiger partial charge on any atom is 0.303 e. The molecule has 6 nitrogen and oxygen atoms in total. The van der Waals surface area contributed by atoms with Gasteiger partial charge in [0.1, 0.15) is 11.3 Å². The van der Waals surface area contributed by atoms with Gasteiger partial charge in [0.05, 0.1) is 6.04 Å². The van der Waals surface area contributed by atoms with Crippen LogP contribution in [-0.2, 0) is 16.7 Å². The first-order valence-corrected chi connectivity index (χ1v) is 10.7. The zero-order chi connectivity index (χ0) is 21.0. The van der Waals surface area contributed by atoms with E-state index >= 15 is 0 Å². The van der Waals surface area contributed by atoms with Crippen LogP contribution < -0.4 is 10.1 Å². The van der Waals surface area contributed by atoms with E-state index in [4.69, 9.17) is 4.74 Å². The van der Waals surface area contributed by atoms with Gasteiger partial charge in [-0.15, -0.1) is 0 Å². The lowest BCUT2D eigenvalue weighted by atomic mass is 10.1. The molecule has 0 radical (unpaired) electrons. The van der Waals surface area contributed by atoms with Crippen LogP contribution in [0, 0.1) is 5.92 Å². The molecule has 0 spiro atoms. The van der Waals surface area contributed by atoms with Crippen LogP contribution in [-0.4, -0.2) is 32.4 Å². The van der Waals surface area contributed by atoms with Crippen molar-refractivity contribution in [1.82, 2.24) is 15.3 Å². The number of aromatic nitrogens is 2. The molecular formula is C20H21F2N3O3S. The van der Waals surface area contributed by atoms with E-state index in [1.54, 1.807) is 36.4 Å². The Morgan fingerprint density at radius 1 is 1.34 bits per heavy atom. The highest BCUT2D eigenvalue weighted by Crippen LogP contribution is 2.34. The molecule has 0 aliphatic heterocycles. The number of nitrogens with zero attached hydrogens (tertiary/aromatic N) is 2. The van der Waals surface area contributed by atoms with E-state index in [0.717, 1.165) is 19.0 Å². The van der Waals surface area contributed by atoms with Gasteiger partial charge in [0.2, 0.25) is 11.7 Å². The van der Waals surface area contributed by atoms with Crippen LogP contribution in [0.2, 0.25) is 0 Å². The van der Waals surface area contributed by atoms with Crippen molar-refractivity contribution in [2.24, 2.45) is 5.92 Å². The molecule has 3 rings (SSSR count). The van der Waals surface area contributed by atoms with Gasteiger partial charge in [-0.2, -0.15) is 13.8 Å². The summed E-state index contributed by atoms with van der Waals surface area (Å²) in [6.45, 7) is 0.674. The van der Waals surface area contributed by atoms with E-state index < -0.39 is 28.5 Å². The highest BCUT2D eigenvalue weighted by atomic mass is 32.2. The van der Waals surface area contributed by atoms with Crippen molar-refractivity contribution in [2.75, 3.05) is 6.26 Å². The summed E-state index contributed by atoms with van der Waals surface area (Å²) in [5.41, 5.74) is -0.0569. The predicted octanol–water partition coefficient (Wildman–Crippen LogP) is 3.78. The highest BCUT2D eigenvalue weighted by Gasteiger charge is 2.33. The number of rotatable bonds is 8. The van der Waals surface area contributed by atoms with Crippen molar-refractivity contribution in [1.29, 1.82) is 0 Å². The topological polar surface area (TPSA) is 81.2 Å². The maximum atomic E-state index is 13.7. The summed E-state index contributed by atoms with van der Waals surface area (Å²) >= 11 is 0. The zero-order valence-corrected chi connectivity index (χ0v) is 16.8. The van der Waals surface area contributed by atoms with Gasteiger partial charge >= 0.3 is 5.92 Å². The molecule has 1 aliphatic rings. The fraction of sp³-hybridized carbons (Fsp3) is 0.350. The van der Waals surface area contributed by atoms with Gasteiger partial charge in [0.25, 0.3) is 5.91 Å². The normalized spacial score (nSPS) is 16.4. The van der Waals surface area contributed by atoms with Crippen LogP contribution in [0.25, 0.3) is 0 Å². The Labute approximate surface area is 169 Å². The van der Waals surface area contributed by atoms with Crippen LogP contribution in [0.1, 0.15) is 35.9 Å². The Morgan fingerprint density at radius 3 is 2.62 bits per heavy atom. The summed E-state index contributed by atoms with van der Waals surface area (Å²) in [6.07, 6.45) is 6.15. The van der Waals surface area contributed by atoms with Gasteiger partial charge in [0.15, 0.2) is 0 Å². The molecule has 1 heterocycles. The monoisotopic (exact) mass is 421 g/mol.